The van der Waals surface area contributed by atoms with Gasteiger partial charge in [-0.3, -0.25) is 9.42 Å². The van der Waals surface area contributed by atoms with Crippen molar-refractivity contribution in [3.05, 3.63) is 42.7 Å². The van der Waals surface area contributed by atoms with Crippen LogP contribution in [-0.4, -0.2) is 42.7 Å². The Balaban J connectivity index is 1.41. The Labute approximate surface area is 164 Å². The number of hydrogen-bond acceptors (Lipinski definition) is 8. The summed E-state index contributed by atoms with van der Waals surface area (Å²) in [5.41, 5.74) is 6.82. The zero-order chi connectivity index (χ0) is 20.6. The normalized spacial score (nSPS) is 23.5. The highest BCUT2D eigenvalue weighted by Crippen LogP contribution is 2.50. The number of halogens is 1. The van der Waals surface area contributed by atoms with Gasteiger partial charge in [0.1, 0.15) is 11.8 Å². The van der Waals surface area contributed by atoms with Crippen LogP contribution < -0.4 is 10.3 Å². The Hall–Kier alpha value is -2.59. The lowest BCUT2D eigenvalue weighted by molar-refractivity contribution is -0.00495. The van der Waals surface area contributed by atoms with Crippen LogP contribution in [0.25, 0.3) is 11.2 Å². The zero-order valence-corrected chi connectivity index (χ0v) is 16.0. The number of anilines is 1. The van der Waals surface area contributed by atoms with Crippen LogP contribution >= 0.6 is 7.82 Å². The number of para-hydroxylation sites is 1. The van der Waals surface area contributed by atoms with Crippen molar-refractivity contribution < 1.29 is 28.0 Å². The van der Waals surface area contributed by atoms with Gasteiger partial charge in [-0.25, -0.2) is 23.9 Å². The van der Waals surface area contributed by atoms with Gasteiger partial charge in [-0.05, 0) is 24.5 Å². The Morgan fingerprint density at radius 1 is 1.31 bits per heavy atom. The van der Waals surface area contributed by atoms with Crippen LogP contribution in [0.4, 0.5) is 10.2 Å². The number of imidazole rings is 1. The number of nitrogens with zero attached hydrogens (tertiary/aromatic N) is 4. The topological polar surface area (TPSA) is 146 Å². The molecule has 0 aliphatic heterocycles. The van der Waals surface area contributed by atoms with Crippen molar-refractivity contribution in [3.63, 3.8) is 0 Å². The molecule has 0 saturated heterocycles. The molecule has 3 aromatic rings. The third-order valence-corrected chi connectivity index (χ3v) is 6.00. The fraction of sp³-hybridized carbons (Fsp3) is 0.353. The molecular weight excluding hydrogens is 404 g/mol. The molecule has 0 amide bonds. The maximum Gasteiger partial charge on any atom is 0.527 e. The third-order valence-electron chi connectivity index (χ3n) is 5.10. The summed E-state index contributed by atoms with van der Waals surface area (Å²) in [5, 5.41) is 9.79. The number of benzene rings is 1. The second-order valence-corrected chi connectivity index (χ2v) is 8.16. The molecule has 1 fully saturated rings. The Bertz CT molecular complexity index is 1080. The quantitative estimate of drug-likeness (QED) is 0.485. The first-order valence-corrected chi connectivity index (χ1v) is 10.3. The van der Waals surface area contributed by atoms with Crippen molar-refractivity contribution in [1.29, 1.82) is 0 Å². The van der Waals surface area contributed by atoms with Crippen LogP contribution in [0.3, 0.4) is 0 Å². The molecule has 0 spiro atoms. The van der Waals surface area contributed by atoms with Gasteiger partial charge in [0.2, 0.25) is 0 Å². The van der Waals surface area contributed by atoms with Gasteiger partial charge in [0.15, 0.2) is 23.0 Å². The first-order chi connectivity index (χ1) is 13.9. The van der Waals surface area contributed by atoms with E-state index in [1.807, 2.05) is 0 Å². The predicted molar refractivity (Wildman–Crippen MR) is 100 cm³/mol. The fourth-order valence-corrected chi connectivity index (χ4v) is 4.36. The highest BCUT2D eigenvalue weighted by Gasteiger charge is 2.44. The van der Waals surface area contributed by atoms with Gasteiger partial charge >= 0.3 is 7.82 Å². The van der Waals surface area contributed by atoms with E-state index >= 15 is 0 Å². The molecule has 12 heteroatoms. The summed E-state index contributed by atoms with van der Waals surface area (Å²) in [4.78, 5) is 22.2. The number of hydrogen-bond donors (Lipinski definition) is 3. The van der Waals surface area contributed by atoms with E-state index in [0.717, 1.165) is 6.07 Å². The molecule has 29 heavy (non-hydrogen) atoms. The average Bonchev–Trinajstić information content (AvgIpc) is 3.08. The van der Waals surface area contributed by atoms with Crippen molar-refractivity contribution in [2.45, 2.75) is 12.5 Å². The lowest BCUT2D eigenvalue weighted by atomic mass is 9.70. The molecular formula is C17H19FN5O5P. The molecule has 1 aliphatic rings. The third kappa shape index (κ3) is 3.82. The van der Waals surface area contributed by atoms with E-state index in [0.29, 0.717) is 17.6 Å². The summed E-state index contributed by atoms with van der Waals surface area (Å²) in [6.45, 7) is -0.295. The van der Waals surface area contributed by atoms with E-state index in [9.17, 15) is 19.0 Å². The summed E-state index contributed by atoms with van der Waals surface area (Å²) in [6.07, 6.45) is 3.48. The minimum absolute atomic E-state index is 0.126. The molecule has 1 saturated carbocycles. The monoisotopic (exact) mass is 423 g/mol. The number of phosphoric ester groups is 1. The maximum absolute atomic E-state index is 13.6. The van der Waals surface area contributed by atoms with Gasteiger partial charge in [-0.15, -0.1) is 0 Å². The van der Waals surface area contributed by atoms with E-state index < -0.39 is 13.6 Å². The lowest BCUT2D eigenvalue weighted by Crippen LogP contribution is -2.42. The van der Waals surface area contributed by atoms with Crippen molar-refractivity contribution >= 4 is 24.8 Å². The van der Waals surface area contributed by atoms with Crippen molar-refractivity contribution in [2.24, 2.45) is 11.8 Å². The molecule has 1 aromatic carbocycles. The van der Waals surface area contributed by atoms with E-state index in [2.05, 4.69) is 15.0 Å². The SMILES string of the molecule is Nc1ncnc2c1ncn2[C@@H]1C[C@H](COP(=O)(O)Oc2ccccc2F)[C@H]1CO. The van der Waals surface area contributed by atoms with Crippen LogP contribution in [0, 0.1) is 17.7 Å². The van der Waals surface area contributed by atoms with Gasteiger partial charge in [0.25, 0.3) is 0 Å². The van der Waals surface area contributed by atoms with E-state index in [-0.39, 0.29) is 42.7 Å². The van der Waals surface area contributed by atoms with Crippen LogP contribution in [0.1, 0.15) is 12.5 Å². The van der Waals surface area contributed by atoms with Crippen LogP contribution in [0.5, 0.6) is 5.75 Å². The highest BCUT2D eigenvalue weighted by atomic mass is 31.2. The van der Waals surface area contributed by atoms with Crippen molar-refractivity contribution in [3.8, 4) is 5.75 Å². The summed E-state index contributed by atoms with van der Waals surface area (Å²) >= 11 is 0. The number of rotatable bonds is 7. The van der Waals surface area contributed by atoms with E-state index in [1.54, 1.807) is 10.9 Å². The summed E-state index contributed by atoms with van der Waals surface area (Å²) < 4.78 is 37.4. The van der Waals surface area contributed by atoms with Crippen LogP contribution in [-0.2, 0) is 9.09 Å². The molecule has 4 rings (SSSR count). The molecule has 154 valence electrons. The second-order valence-electron chi connectivity index (χ2n) is 6.78. The number of aliphatic hydroxyl groups excluding tert-OH is 1. The number of aromatic nitrogens is 4. The van der Waals surface area contributed by atoms with Crippen LogP contribution in [0.15, 0.2) is 36.9 Å². The molecule has 1 unspecified atom stereocenters. The number of phosphoric acid groups is 1. The first kappa shape index (κ1) is 19.7. The highest BCUT2D eigenvalue weighted by molar-refractivity contribution is 7.47. The maximum atomic E-state index is 13.6. The molecule has 2 heterocycles. The number of nitrogen functional groups attached to an aromatic ring is 1. The summed E-state index contributed by atoms with van der Waals surface area (Å²) in [7, 11) is -4.51. The lowest BCUT2D eigenvalue weighted by Gasteiger charge is -2.44. The Kier molecular flexibility index (Phi) is 5.22. The molecule has 0 radical (unpaired) electrons. The second kappa shape index (κ2) is 7.68. The molecule has 1 aliphatic carbocycles. The smallest absolute Gasteiger partial charge is 0.401 e. The minimum atomic E-state index is -4.51. The van der Waals surface area contributed by atoms with Gasteiger partial charge in [-0.2, -0.15) is 0 Å². The molecule has 10 nitrogen and oxygen atoms in total. The van der Waals surface area contributed by atoms with Gasteiger partial charge < -0.3 is 19.9 Å². The minimum Gasteiger partial charge on any atom is -0.401 e. The Morgan fingerprint density at radius 3 is 2.86 bits per heavy atom. The van der Waals surface area contributed by atoms with E-state index in [4.69, 9.17) is 14.8 Å². The van der Waals surface area contributed by atoms with Crippen LogP contribution in [0.2, 0.25) is 0 Å². The van der Waals surface area contributed by atoms with Gasteiger partial charge in [0.05, 0.1) is 12.9 Å². The number of fused-ring (bicyclic) bond motifs is 1. The molecule has 4 atom stereocenters. The molecule has 2 aromatic heterocycles. The first-order valence-electron chi connectivity index (χ1n) is 8.85. The molecule has 4 N–H and O–H groups in total. The zero-order valence-electron chi connectivity index (χ0n) is 15.1. The number of aliphatic hydroxyl groups is 1. The Morgan fingerprint density at radius 2 is 2.10 bits per heavy atom. The summed E-state index contributed by atoms with van der Waals surface area (Å²) in [5.74, 6) is -1.33. The number of nitrogens with two attached hydrogens (primary N) is 1. The molecule has 0 bridgehead atoms. The van der Waals surface area contributed by atoms with Crippen molar-refractivity contribution in [1.82, 2.24) is 19.5 Å². The van der Waals surface area contributed by atoms with Gasteiger partial charge in [-0.1, -0.05) is 12.1 Å². The van der Waals surface area contributed by atoms with Gasteiger partial charge in [0, 0.05) is 18.6 Å². The predicted octanol–water partition coefficient (Wildman–Crippen LogP) is 1.91. The summed E-state index contributed by atoms with van der Waals surface area (Å²) in [6, 6.07) is 5.12. The standard InChI is InChI=1S/C17H19FN5O5P/c18-12-3-1-2-4-14(12)28-29(25,26)27-7-10-5-13(11(10)6-24)23-9-22-15-16(19)20-8-21-17(15)23/h1-4,8-11,13,24H,5-7H2,(H,25,26)(H2,19,20,21)/t10-,11-,13-/m1/s1. The van der Waals surface area contributed by atoms with Crippen molar-refractivity contribution in [2.75, 3.05) is 18.9 Å². The largest absolute Gasteiger partial charge is 0.527 e. The van der Waals surface area contributed by atoms with E-state index in [1.165, 1.54) is 24.5 Å². The fourth-order valence-electron chi connectivity index (χ4n) is 3.53. The average molecular weight is 423 g/mol.